The first kappa shape index (κ1) is 19.5. The van der Waals surface area contributed by atoms with Gasteiger partial charge in [0.1, 0.15) is 0 Å². The molecule has 2 aromatic rings. The molecule has 0 spiro atoms. The molecule has 2 nitrogen and oxygen atoms in total. The Bertz CT molecular complexity index is 694. The second-order valence-corrected chi connectivity index (χ2v) is 8.38. The highest BCUT2D eigenvalue weighted by Crippen LogP contribution is 2.24. The van der Waals surface area contributed by atoms with Gasteiger partial charge in [0.2, 0.25) is 0 Å². The molecule has 2 rings (SSSR count). The van der Waals surface area contributed by atoms with Crippen LogP contribution in [-0.2, 0) is 5.41 Å². The zero-order valence-corrected chi connectivity index (χ0v) is 17.0. The van der Waals surface area contributed by atoms with Crippen LogP contribution in [-0.4, -0.2) is 5.11 Å². The Morgan fingerprint density at radius 1 is 0.840 bits per heavy atom. The molecular weight excluding hydrogens is 324 g/mol. The van der Waals surface area contributed by atoms with Gasteiger partial charge in [-0.05, 0) is 59.3 Å². The number of anilines is 1. The molecule has 25 heavy (non-hydrogen) atoms. The first-order valence-corrected chi connectivity index (χ1v) is 9.35. The maximum absolute atomic E-state index is 5.46. The van der Waals surface area contributed by atoms with Crippen molar-refractivity contribution in [1.29, 1.82) is 0 Å². The van der Waals surface area contributed by atoms with E-state index in [1.54, 1.807) is 0 Å². The van der Waals surface area contributed by atoms with E-state index in [2.05, 4.69) is 101 Å². The minimum atomic E-state index is 0.156. The fraction of sp³-hybridized carbons (Fsp3) is 0.409. The van der Waals surface area contributed by atoms with Gasteiger partial charge in [-0.25, -0.2) is 0 Å². The summed E-state index contributed by atoms with van der Waals surface area (Å²) >= 11 is 5.46. The maximum Gasteiger partial charge on any atom is 0.171 e. The van der Waals surface area contributed by atoms with Crippen molar-refractivity contribution < 1.29 is 0 Å². The van der Waals surface area contributed by atoms with Crippen molar-refractivity contribution >= 4 is 23.0 Å². The summed E-state index contributed by atoms with van der Waals surface area (Å²) in [7, 11) is 0. The van der Waals surface area contributed by atoms with Crippen LogP contribution in [0.25, 0.3) is 0 Å². The summed E-state index contributed by atoms with van der Waals surface area (Å²) in [5, 5.41) is 7.27. The predicted octanol–water partition coefficient (Wildman–Crippen LogP) is 6.16. The fourth-order valence-corrected chi connectivity index (χ4v) is 2.96. The highest BCUT2D eigenvalue weighted by atomic mass is 32.1. The molecule has 0 aliphatic rings. The van der Waals surface area contributed by atoms with Gasteiger partial charge in [0.15, 0.2) is 5.11 Å². The summed E-state index contributed by atoms with van der Waals surface area (Å²) in [4.78, 5) is 0. The molecule has 0 saturated carbocycles. The number of nitrogens with one attached hydrogen (secondary N) is 2. The van der Waals surface area contributed by atoms with Crippen molar-refractivity contribution in [2.24, 2.45) is 0 Å². The van der Waals surface area contributed by atoms with Crippen LogP contribution in [0.2, 0.25) is 0 Å². The van der Waals surface area contributed by atoms with Crippen LogP contribution in [0.4, 0.5) is 5.69 Å². The maximum atomic E-state index is 5.46. The average Bonchev–Trinajstić information content (AvgIpc) is 2.54. The summed E-state index contributed by atoms with van der Waals surface area (Å²) in [6.07, 6.45) is 0. The molecule has 1 unspecified atom stereocenters. The van der Waals surface area contributed by atoms with E-state index in [4.69, 9.17) is 12.2 Å². The zero-order chi connectivity index (χ0) is 18.6. The largest absolute Gasteiger partial charge is 0.356 e. The van der Waals surface area contributed by atoms with Crippen LogP contribution in [0.15, 0.2) is 48.5 Å². The molecule has 0 saturated heterocycles. The molecule has 0 bridgehead atoms. The molecule has 0 aliphatic carbocycles. The SMILES string of the molecule is CC(C)c1ccc(NC(=S)NC(C)c2ccc(C(C)(C)C)cc2)cc1. The molecule has 2 aromatic carbocycles. The highest BCUT2D eigenvalue weighted by Gasteiger charge is 2.14. The molecule has 0 amide bonds. The Morgan fingerprint density at radius 2 is 1.36 bits per heavy atom. The van der Waals surface area contributed by atoms with Gasteiger partial charge in [0, 0.05) is 5.69 Å². The standard InChI is InChI=1S/C22H30N2S/c1-15(2)17-9-13-20(14-10-17)24-21(25)23-16(3)18-7-11-19(12-8-18)22(4,5)6/h7-16H,1-6H3,(H2,23,24,25). The van der Waals surface area contributed by atoms with Gasteiger partial charge in [0.25, 0.3) is 0 Å². The summed E-state index contributed by atoms with van der Waals surface area (Å²) in [6, 6.07) is 17.4. The van der Waals surface area contributed by atoms with E-state index >= 15 is 0 Å². The smallest absolute Gasteiger partial charge is 0.171 e. The van der Waals surface area contributed by atoms with Crippen LogP contribution in [0, 0.1) is 0 Å². The number of rotatable bonds is 4. The lowest BCUT2D eigenvalue weighted by Crippen LogP contribution is -2.30. The Kier molecular flexibility index (Phi) is 6.23. The lowest BCUT2D eigenvalue weighted by atomic mass is 9.86. The molecule has 0 radical (unpaired) electrons. The van der Waals surface area contributed by atoms with Crippen LogP contribution in [0.1, 0.15) is 70.2 Å². The van der Waals surface area contributed by atoms with Gasteiger partial charge < -0.3 is 10.6 Å². The Morgan fingerprint density at radius 3 is 1.84 bits per heavy atom. The second kappa shape index (κ2) is 8.01. The molecule has 3 heteroatoms. The molecular formula is C22H30N2S. The number of hydrogen-bond donors (Lipinski definition) is 2. The topological polar surface area (TPSA) is 24.1 Å². The predicted molar refractivity (Wildman–Crippen MR) is 113 cm³/mol. The van der Waals surface area contributed by atoms with Crippen molar-refractivity contribution in [3.63, 3.8) is 0 Å². The quantitative estimate of drug-likeness (QED) is 0.643. The molecule has 0 heterocycles. The van der Waals surface area contributed by atoms with Crippen molar-refractivity contribution in [2.75, 3.05) is 5.32 Å². The Balaban J connectivity index is 1.95. The third-order valence-electron chi connectivity index (χ3n) is 4.46. The van der Waals surface area contributed by atoms with Gasteiger partial charge in [-0.15, -0.1) is 0 Å². The molecule has 0 aliphatic heterocycles. The van der Waals surface area contributed by atoms with Crippen LogP contribution < -0.4 is 10.6 Å². The van der Waals surface area contributed by atoms with Crippen LogP contribution in [0.5, 0.6) is 0 Å². The Hall–Kier alpha value is -1.87. The lowest BCUT2D eigenvalue weighted by Gasteiger charge is -2.21. The normalized spacial score (nSPS) is 12.8. The second-order valence-electron chi connectivity index (χ2n) is 7.97. The number of thiocarbonyl (C=S) groups is 1. The van der Waals surface area contributed by atoms with Crippen LogP contribution in [0.3, 0.4) is 0 Å². The van der Waals surface area contributed by atoms with E-state index in [1.165, 1.54) is 16.7 Å². The van der Waals surface area contributed by atoms with E-state index in [0.29, 0.717) is 11.0 Å². The summed E-state index contributed by atoms with van der Waals surface area (Å²) in [6.45, 7) is 13.2. The first-order chi connectivity index (χ1) is 11.7. The summed E-state index contributed by atoms with van der Waals surface area (Å²) in [5.74, 6) is 0.537. The van der Waals surface area contributed by atoms with Gasteiger partial charge in [-0.1, -0.05) is 71.0 Å². The minimum Gasteiger partial charge on any atom is -0.356 e. The molecule has 2 N–H and O–H groups in total. The highest BCUT2D eigenvalue weighted by molar-refractivity contribution is 7.80. The number of benzene rings is 2. The van der Waals surface area contributed by atoms with Crippen LogP contribution >= 0.6 is 12.2 Å². The molecule has 1 atom stereocenters. The van der Waals surface area contributed by atoms with Gasteiger partial charge >= 0.3 is 0 Å². The zero-order valence-electron chi connectivity index (χ0n) is 16.2. The molecule has 134 valence electrons. The number of hydrogen-bond acceptors (Lipinski definition) is 1. The Labute approximate surface area is 158 Å². The summed E-state index contributed by atoms with van der Waals surface area (Å²) in [5.41, 5.74) is 5.09. The van der Waals surface area contributed by atoms with Gasteiger partial charge in [0.05, 0.1) is 6.04 Å². The van der Waals surface area contributed by atoms with E-state index < -0.39 is 0 Å². The van der Waals surface area contributed by atoms with E-state index in [-0.39, 0.29) is 11.5 Å². The van der Waals surface area contributed by atoms with Gasteiger partial charge in [-0.3, -0.25) is 0 Å². The van der Waals surface area contributed by atoms with Crippen molar-refractivity contribution in [1.82, 2.24) is 5.32 Å². The van der Waals surface area contributed by atoms with Crippen molar-refractivity contribution in [2.45, 2.75) is 58.9 Å². The van der Waals surface area contributed by atoms with Gasteiger partial charge in [-0.2, -0.15) is 0 Å². The molecule has 0 aromatic heterocycles. The monoisotopic (exact) mass is 354 g/mol. The van der Waals surface area contributed by atoms with E-state index in [9.17, 15) is 0 Å². The minimum absolute atomic E-state index is 0.156. The molecule has 0 fully saturated rings. The van der Waals surface area contributed by atoms with Crippen molar-refractivity contribution in [3.8, 4) is 0 Å². The third-order valence-corrected chi connectivity index (χ3v) is 4.68. The third kappa shape index (κ3) is 5.57. The van der Waals surface area contributed by atoms with E-state index in [0.717, 1.165) is 5.69 Å². The van der Waals surface area contributed by atoms with E-state index in [1.807, 2.05) is 0 Å². The fourth-order valence-electron chi connectivity index (χ4n) is 2.67. The summed E-state index contributed by atoms with van der Waals surface area (Å²) < 4.78 is 0. The average molecular weight is 355 g/mol. The lowest BCUT2D eigenvalue weighted by molar-refractivity contribution is 0.589. The van der Waals surface area contributed by atoms with Crippen molar-refractivity contribution in [3.05, 3.63) is 65.2 Å². The first-order valence-electron chi connectivity index (χ1n) is 8.94.